The van der Waals surface area contributed by atoms with Crippen LogP contribution in [0.5, 0.6) is 5.75 Å². The van der Waals surface area contributed by atoms with Gasteiger partial charge in [0.05, 0.1) is 5.52 Å². The van der Waals surface area contributed by atoms with Crippen molar-refractivity contribution in [2.75, 3.05) is 38.6 Å². The lowest BCUT2D eigenvalue weighted by atomic mass is 10.2. The summed E-state index contributed by atoms with van der Waals surface area (Å²) in [4.78, 5) is 10.8. The molecule has 1 atom stereocenters. The van der Waals surface area contributed by atoms with E-state index >= 15 is 0 Å². The quantitative estimate of drug-likeness (QED) is 0.779. The van der Waals surface area contributed by atoms with E-state index in [0.717, 1.165) is 49.3 Å². The molecule has 2 heterocycles. The smallest absolute Gasteiger partial charge is 0.134 e. The second-order valence-corrected chi connectivity index (χ2v) is 6.60. The highest BCUT2D eigenvalue weighted by atomic mass is 16.5. The number of unbranched alkanes of at least 4 members (excludes halogenated alkanes) is 2. The first-order chi connectivity index (χ1) is 12.3. The van der Waals surface area contributed by atoms with Crippen LogP contribution in [0.25, 0.3) is 10.9 Å². The summed E-state index contributed by atoms with van der Waals surface area (Å²) in [5.41, 5.74) is 6.66. The Morgan fingerprint density at radius 3 is 3.12 bits per heavy atom. The Bertz CT molecular complexity index is 680. The molecule has 0 spiro atoms. The number of hydrogen-bond acceptors (Lipinski definition) is 6. The first-order valence-electron chi connectivity index (χ1n) is 9.23. The highest BCUT2D eigenvalue weighted by Crippen LogP contribution is 2.22. The number of rotatable bonds is 7. The molecule has 1 aromatic carbocycles. The van der Waals surface area contributed by atoms with Crippen LogP contribution in [-0.2, 0) is 4.74 Å². The normalized spacial score (nSPS) is 19.0. The molecule has 0 amide bonds. The molecule has 136 valence electrons. The first-order valence-corrected chi connectivity index (χ1v) is 9.23. The Labute approximate surface area is 149 Å². The third-order valence-electron chi connectivity index (χ3n) is 4.59. The zero-order valence-corrected chi connectivity index (χ0v) is 15.0. The van der Waals surface area contributed by atoms with Gasteiger partial charge in [-0.25, -0.2) is 9.97 Å². The fourth-order valence-corrected chi connectivity index (χ4v) is 3.20. The van der Waals surface area contributed by atoms with Gasteiger partial charge in [-0.1, -0.05) is 19.8 Å². The predicted molar refractivity (Wildman–Crippen MR) is 99.8 cm³/mol. The second-order valence-electron chi connectivity index (χ2n) is 6.60. The summed E-state index contributed by atoms with van der Waals surface area (Å²) in [6.45, 7) is 6.80. The number of nitrogens with zero attached hydrogens (tertiary/aromatic N) is 3. The van der Waals surface area contributed by atoms with E-state index in [4.69, 9.17) is 15.2 Å². The molecular formula is C19H28N4O2. The van der Waals surface area contributed by atoms with E-state index in [1.807, 2.05) is 18.2 Å². The Morgan fingerprint density at radius 1 is 1.32 bits per heavy atom. The number of nitrogens with two attached hydrogens (primary N) is 1. The largest absolute Gasteiger partial charge is 0.491 e. The summed E-state index contributed by atoms with van der Waals surface area (Å²) in [6, 6.07) is 5.73. The van der Waals surface area contributed by atoms with Crippen molar-refractivity contribution in [3.8, 4) is 5.75 Å². The maximum Gasteiger partial charge on any atom is 0.134 e. The third kappa shape index (κ3) is 5.03. The summed E-state index contributed by atoms with van der Waals surface area (Å²) in [5, 5.41) is 0.850. The molecule has 0 radical (unpaired) electrons. The monoisotopic (exact) mass is 344 g/mol. The van der Waals surface area contributed by atoms with E-state index in [1.165, 1.54) is 25.6 Å². The molecular weight excluding hydrogens is 316 g/mol. The summed E-state index contributed by atoms with van der Waals surface area (Å²) in [5.74, 6) is 1.28. The predicted octanol–water partition coefficient (Wildman–Crippen LogP) is 2.87. The van der Waals surface area contributed by atoms with Gasteiger partial charge in [0, 0.05) is 31.1 Å². The topological polar surface area (TPSA) is 73.5 Å². The molecule has 2 aromatic rings. The molecule has 1 aromatic heterocycles. The van der Waals surface area contributed by atoms with Crippen molar-refractivity contribution in [3.63, 3.8) is 0 Å². The van der Waals surface area contributed by atoms with Gasteiger partial charge < -0.3 is 20.1 Å². The Kier molecular flexibility index (Phi) is 6.42. The number of benzene rings is 1. The van der Waals surface area contributed by atoms with Gasteiger partial charge in [-0.15, -0.1) is 0 Å². The van der Waals surface area contributed by atoms with Gasteiger partial charge in [-0.3, -0.25) is 0 Å². The molecule has 0 saturated carbocycles. The van der Waals surface area contributed by atoms with Crippen LogP contribution in [0.2, 0.25) is 0 Å². The van der Waals surface area contributed by atoms with Crippen molar-refractivity contribution < 1.29 is 9.47 Å². The molecule has 1 unspecified atom stereocenters. The van der Waals surface area contributed by atoms with E-state index in [2.05, 4.69) is 21.8 Å². The SMILES string of the molecule is CCCCCN1CCCOC(COc2ccc3c(N)ncnc3c2)C1. The molecule has 0 aliphatic carbocycles. The lowest BCUT2D eigenvalue weighted by molar-refractivity contribution is 0.0208. The Morgan fingerprint density at radius 2 is 2.24 bits per heavy atom. The van der Waals surface area contributed by atoms with Crippen molar-refractivity contribution in [1.29, 1.82) is 0 Å². The molecule has 2 N–H and O–H groups in total. The van der Waals surface area contributed by atoms with Crippen molar-refractivity contribution in [1.82, 2.24) is 14.9 Å². The van der Waals surface area contributed by atoms with Gasteiger partial charge in [-0.05, 0) is 31.5 Å². The minimum atomic E-state index is 0.107. The Balaban J connectivity index is 1.56. The molecule has 0 bridgehead atoms. The van der Waals surface area contributed by atoms with Gasteiger partial charge in [0.1, 0.15) is 30.6 Å². The number of ether oxygens (including phenoxy) is 2. The van der Waals surface area contributed by atoms with E-state index in [-0.39, 0.29) is 6.10 Å². The second kappa shape index (κ2) is 8.97. The molecule has 6 heteroatoms. The third-order valence-corrected chi connectivity index (χ3v) is 4.59. The van der Waals surface area contributed by atoms with Gasteiger partial charge in [0.2, 0.25) is 0 Å². The average Bonchev–Trinajstić information content (AvgIpc) is 2.86. The molecule has 6 nitrogen and oxygen atoms in total. The molecule has 1 aliphatic rings. The average molecular weight is 344 g/mol. The maximum absolute atomic E-state index is 5.97. The molecule has 1 aliphatic heterocycles. The lowest BCUT2D eigenvalue weighted by Gasteiger charge is -2.23. The van der Waals surface area contributed by atoms with Crippen LogP contribution in [0.1, 0.15) is 32.6 Å². The fourth-order valence-electron chi connectivity index (χ4n) is 3.20. The van der Waals surface area contributed by atoms with Crippen molar-refractivity contribution in [2.45, 2.75) is 38.7 Å². The van der Waals surface area contributed by atoms with Crippen LogP contribution in [0.4, 0.5) is 5.82 Å². The number of fused-ring (bicyclic) bond motifs is 1. The standard InChI is InChI=1S/C19H28N4O2/c1-2-3-4-8-23-9-5-10-24-16(12-23)13-25-15-6-7-17-18(11-15)21-14-22-19(17)20/h6-7,11,14,16H,2-5,8-10,12-13H2,1H3,(H2,20,21,22). The zero-order valence-electron chi connectivity index (χ0n) is 15.0. The number of nitrogen functional groups attached to an aromatic ring is 1. The van der Waals surface area contributed by atoms with E-state index < -0.39 is 0 Å². The summed E-state index contributed by atoms with van der Waals surface area (Å²) in [6.07, 6.45) is 6.48. The van der Waals surface area contributed by atoms with Crippen molar-refractivity contribution in [3.05, 3.63) is 24.5 Å². The van der Waals surface area contributed by atoms with E-state index in [9.17, 15) is 0 Å². The molecule has 1 fully saturated rings. The lowest BCUT2D eigenvalue weighted by Crippen LogP contribution is -2.35. The van der Waals surface area contributed by atoms with Gasteiger partial charge in [0.25, 0.3) is 0 Å². The van der Waals surface area contributed by atoms with E-state index in [1.54, 1.807) is 0 Å². The fraction of sp³-hybridized carbons (Fsp3) is 0.579. The minimum absolute atomic E-state index is 0.107. The molecule has 1 saturated heterocycles. The van der Waals surface area contributed by atoms with Crippen LogP contribution in [0.15, 0.2) is 24.5 Å². The van der Waals surface area contributed by atoms with Crippen LogP contribution in [0.3, 0.4) is 0 Å². The van der Waals surface area contributed by atoms with Crippen LogP contribution in [0, 0.1) is 0 Å². The summed E-state index contributed by atoms with van der Waals surface area (Å²) >= 11 is 0. The Hall–Kier alpha value is -1.92. The summed E-state index contributed by atoms with van der Waals surface area (Å²) < 4.78 is 11.9. The van der Waals surface area contributed by atoms with Gasteiger partial charge in [-0.2, -0.15) is 0 Å². The van der Waals surface area contributed by atoms with Gasteiger partial charge >= 0.3 is 0 Å². The molecule has 3 rings (SSSR count). The van der Waals surface area contributed by atoms with Crippen molar-refractivity contribution >= 4 is 16.7 Å². The van der Waals surface area contributed by atoms with Crippen LogP contribution in [-0.4, -0.2) is 53.8 Å². The first kappa shape index (κ1) is 17.9. The van der Waals surface area contributed by atoms with E-state index in [0.29, 0.717) is 12.4 Å². The van der Waals surface area contributed by atoms with Crippen LogP contribution >= 0.6 is 0 Å². The number of anilines is 1. The molecule has 25 heavy (non-hydrogen) atoms. The zero-order chi connectivity index (χ0) is 17.5. The van der Waals surface area contributed by atoms with Crippen molar-refractivity contribution in [2.24, 2.45) is 0 Å². The number of aromatic nitrogens is 2. The highest BCUT2D eigenvalue weighted by Gasteiger charge is 2.19. The highest BCUT2D eigenvalue weighted by molar-refractivity contribution is 5.88. The van der Waals surface area contributed by atoms with Crippen LogP contribution < -0.4 is 10.5 Å². The minimum Gasteiger partial charge on any atom is -0.491 e. The maximum atomic E-state index is 5.97. The summed E-state index contributed by atoms with van der Waals surface area (Å²) in [7, 11) is 0. The number of hydrogen-bond donors (Lipinski definition) is 1. The van der Waals surface area contributed by atoms with Gasteiger partial charge in [0.15, 0.2) is 0 Å².